The van der Waals surface area contributed by atoms with Crippen molar-refractivity contribution in [2.75, 3.05) is 31.6 Å². The maximum atomic E-state index is 13.0. The third kappa shape index (κ3) is 3.79. The maximum absolute atomic E-state index is 13.0. The zero-order valence-corrected chi connectivity index (χ0v) is 9.78. The molecule has 1 atom stereocenters. The van der Waals surface area contributed by atoms with Gasteiger partial charge in [0.15, 0.2) is 0 Å². The van der Waals surface area contributed by atoms with E-state index in [0.717, 1.165) is 12.2 Å². The molecule has 0 aliphatic heterocycles. The highest BCUT2D eigenvalue weighted by Gasteiger charge is 2.10. The Bertz CT molecular complexity index is 320. The first-order valence-corrected chi connectivity index (χ1v) is 5.48. The topological polar surface area (TPSA) is 35.5 Å². The van der Waals surface area contributed by atoms with Crippen molar-refractivity contribution < 1.29 is 9.50 Å². The molecule has 90 valence electrons. The van der Waals surface area contributed by atoms with Crippen LogP contribution in [0.2, 0.25) is 0 Å². The van der Waals surface area contributed by atoms with Gasteiger partial charge in [-0.15, -0.1) is 0 Å². The summed E-state index contributed by atoms with van der Waals surface area (Å²) < 4.78 is 13.0. The molecule has 1 rings (SSSR count). The Balaban J connectivity index is 2.60. The Labute approximate surface area is 95.9 Å². The lowest BCUT2D eigenvalue weighted by molar-refractivity contribution is 0.246. The van der Waals surface area contributed by atoms with Crippen LogP contribution in [0.25, 0.3) is 0 Å². The van der Waals surface area contributed by atoms with Crippen LogP contribution in [0.1, 0.15) is 6.92 Å². The molecule has 16 heavy (non-hydrogen) atoms. The molecule has 0 saturated heterocycles. The average molecular weight is 226 g/mol. The Morgan fingerprint density at radius 1 is 1.50 bits per heavy atom. The van der Waals surface area contributed by atoms with Crippen molar-refractivity contribution in [3.63, 3.8) is 0 Å². The van der Waals surface area contributed by atoms with Gasteiger partial charge in [-0.25, -0.2) is 4.39 Å². The van der Waals surface area contributed by atoms with Gasteiger partial charge in [-0.3, -0.25) is 0 Å². The maximum Gasteiger partial charge on any atom is 0.125 e. The molecule has 1 aromatic carbocycles. The van der Waals surface area contributed by atoms with Gasteiger partial charge in [-0.1, -0.05) is 13.0 Å². The Morgan fingerprint density at radius 2 is 2.25 bits per heavy atom. The molecule has 0 aliphatic carbocycles. The van der Waals surface area contributed by atoms with E-state index >= 15 is 0 Å². The minimum atomic E-state index is -0.242. The fraction of sp³-hybridized carbons (Fsp3) is 0.500. The Hall–Kier alpha value is -1.13. The largest absolute Gasteiger partial charge is 0.395 e. The molecule has 4 heteroatoms. The molecule has 0 heterocycles. The number of nitrogens with one attached hydrogen (secondary N) is 1. The molecular formula is C12H19FN2O. The van der Waals surface area contributed by atoms with Crippen LogP contribution in [-0.4, -0.2) is 37.9 Å². The first-order chi connectivity index (χ1) is 7.67. The lowest BCUT2D eigenvalue weighted by Crippen LogP contribution is -2.42. The summed E-state index contributed by atoms with van der Waals surface area (Å²) in [5.41, 5.74) is 0.816. The standard InChI is InChI=1S/C12H19FN2O/c1-3-14-11(9-16)8-15(2)12-6-4-5-10(13)7-12/h4-7,11,14,16H,3,8-9H2,1-2H3. The lowest BCUT2D eigenvalue weighted by Gasteiger charge is -2.25. The van der Waals surface area contributed by atoms with Gasteiger partial charge >= 0.3 is 0 Å². The SMILES string of the molecule is CCNC(CO)CN(C)c1cccc(F)c1. The minimum absolute atomic E-state index is 0.0123. The van der Waals surface area contributed by atoms with E-state index in [2.05, 4.69) is 5.32 Å². The fourth-order valence-electron chi connectivity index (χ4n) is 1.63. The molecule has 1 aromatic rings. The first-order valence-electron chi connectivity index (χ1n) is 5.48. The van der Waals surface area contributed by atoms with Crippen molar-refractivity contribution >= 4 is 5.69 Å². The van der Waals surface area contributed by atoms with E-state index in [9.17, 15) is 4.39 Å². The number of halogens is 1. The number of aliphatic hydroxyl groups excluding tert-OH is 1. The molecule has 0 aromatic heterocycles. The number of hydrogen-bond acceptors (Lipinski definition) is 3. The molecule has 0 bridgehead atoms. The van der Waals surface area contributed by atoms with E-state index in [1.54, 1.807) is 6.07 Å². The van der Waals surface area contributed by atoms with Gasteiger partial charge in [-0.2, -0.15) is 0 Å². The average Bonchev–Trinajstić information content (AvgIpc) is 2.28. The fourth-order valence-corrected chi connectivity index (χ4v) is 1.63. The van der Waals surface area contributed by atoms with Gasteiger partial charge in [-0.05, 0) is 24.7 Å². The minimum Gasteiger partial charge on any atom is -0.395 e. The predicted molar refractivity (Wildman–Crippen MR) is 64.2 cm³/mol. The van der Waals surface area contributed by atoms with Crippen LogP contribution in [-0.2, 0) is 0 Å². The highest BCUT2D eigenvalue weighted by Crippen LogP contribution is 2.13. The van der Waals surface area contributed by atoms with Crippen LogP contribution < -0.4 is 10.2 Å². The highest BCUT2D eigenvalue weighted by atomic mass is 19.1. The van der Waals surface area contributed by atoms with Crippen LogP contribution in [0.4, 0.5) is 10.1 Å². The molecule has 0 radical (unpaired) electrons. The molecular weight excluding hydrogens is 207 g/mol. The van der Waals surface area contributed by atoms with Crippen LogP contribution in [0.15, 0.2) is 24.3 Å². The quantitative estimate of drug-likeness (QED) is 0.766. The number of likely N-dealkylation sites (N-methyl/N-ethyl adjacent to an activating group) is 2. The number of rotatable bonds is 6. The summed E-state index contributed by atoms with van der Waals surface area (Å²) in [6, 6.07) is 6.45. The van der Waals surface area contributed by atoms with Crippen LogP contribution >= 0.6 is 0 Å². The second-order valence-electron chi connectivity index (χ2n) is 3.80. The summed E-state index contributed by atoms with van der Waals surface area (Å²) >= 11 is 0. The monoisotopic (exact) mass is 226 g/mol. The normalized spacial score (nSPS) is 12.5. The highest BCUT2D eigenvalue weighted by molar-refractivity contribution is 5.45. The zero-order valence-electron chi connectivity index (χ0n) is 9.78. The number of benzene rings is 1. The van der Waals surface area contributed by atoms with Crippen LogP contribution in [0.3, 0.4) is 0 Å². The Morgan fingerprint density at radius 3 is 2.81 bits per heavy atom. The number of anilines is 1. The molecule has 0 aliphatic rings. The number of hydrogen-bond donors (Lipinski definition) is 2. The van der Waals surface area contributed by atoms with Crippen molar-refractivity contribution in [2.24, 2.45) is 0 Å². The summed E-state index contributed by atoms with van der Waals surface area (Å²) in [6.45, 7) is 3.52. The van der Waals surface area contributed by atoms with Gasteiger partial charge in [0, 0.05) is 25.3 Å². The zero-order chi connectivity index (χ0) is 12.0. The summed E-state index contributed by atoms with van der Waals surface area (Å²) in [5, 5.41) is 12.3. The first kappa shape index (κ1) is 12.9. The van der Waals surface area contributed by atoms with Gasteiger partial charge in [0.25, 0.3) is 0 Å². The molecule has 3 nitrogen and oxygen atoms in total. The lowest BCUT2D eigenvalue weighted by atomic mass is 10.2. The van der Waals surface area contributed by atoms with Gasteiger partial charge in [0.1, 0.15) is 5.82 Å². The second kappa shape index (κ2) is 6.45. The summed E-state index contributed by atoms with van der Waals surface area (Å²) in [7, 11) is 1.88. The van der Waals surface area contributed by atoms with E-state index in [1.165, 1.54) is 12.1 Å². The van der Waals surface area contributed by atoms with E-state index in [1.807, 2.05) is 24.9 Å². The van der Waals surface area contributed by atoms with Crippen molar-refractivity contribution in [1.82, 2.24) is 5.32 Å². The van der Waals surface area contributed by atoms with Gasteiger partial charge in [0.2, 0.25) is 0 Å². The summed E-state index contributed by atoms with van der Waals surface area (Å²) in [4.78, 5) is 1.92. The summed E-state index contributed by atoms with van der Waals surface area (Å²) in [6.07, 6.45) is 0. The van der Waals surface area contributed by atoms with Crippen molar-refractivity contribution in [2.45, 2.75) is 13.0 Å². The van der Waals surface area contributed by atoms with Gasteiger partial charge in [0.05, 0.1) is 6.61 Å². The molecule has 1 unspecified atom stereocenters. The number of aliphatic hydroxyl groups is 1. The van der Waals surface area contributed by atoms with Crippen LogP contribution in [0, 0.1) is 5.82 Å². The molecule has 0 spiro atoms. The second-order valence-corrected chi connectivity index (χ2v) is 3.80. The third-order valence-electron chi connectivity index (χ3n) is 2.46. The summed E-state index contributed by atoms with van der Waals surface area (Å²) in [5.74, 6) is -0.242. The van der Waals surface area contributed by atoms with Crippen molar-refractivity contribution in [1.29, 1.82) is 0 Å². The Kier molecular flexibility index (Phi) is 5.22. The molecule has 2 N–H and O–H groups in total. The van der Waals surface area contributed by atoms with Crippen LogP contribution in [0.5, 0.6) is 0 Å². The predicted octanol–water partition coefficient (Wildman–Crippen LogP) is 1.23. The van der Waals surface area contributed by atoms with E-state index in [0.29, 0.717) is 6.54 Å². The third-order valence-corrected chi connectivity index (χ3v) is 2.46. The smallest absolute Gasteiger partial charge is 0.125 e. The van der Waals surface area contributed by atoms with E-state index < -0.39 is 0 Å². The molecule has 0 amide bonds. The van der Waals surface area contributed by atoms with E-state index in [-0.39, 0.29) is 18.5 Å². The molecule has 0 saturated carbocycles. The van der Waals surface area contributed by atoms with E-state index in [4.69, 9.17) is 5.11 Å². The van der Waals surface area contributed by atoms with Gasteiger partial charge < -0.3 is 15.3 Å². The number of nitrogens with zero attached hydrogens (tertiary/aromatic N) is 1. The molecule has 0 fully saturated rings. The van der Waals surface area contributed by atoms with Crippen molar-refractivity contribution in [3.8, 4) is 0 Å². The van der Waals surface area contributed by atoms with Crippen molar-refractivity contribution in [3.05, 3.63) is 30.1 Å².